The van der Waals surface area contributed by atoms with Gasteiger partial charge in [0, 0.05) is 34.7 Å². The number of thiazole rings is 1. The number of anilines is 2. The van der Waals surface area contributed by atoms with Crippen LogP contribution in [0.25, 0.3) is 11.3 Å². The summed E-state index contributed by atoms with van der Waals surface area (Å²) in [6.45, 7) is 1.94. The lowest BCUT2D eigenvalue weighted by atomic mass is 10.2. The number of amides is 1. The van der Waals surface area contributed by atoms with Gasteiger partial charge in [-0.15, -0.1) is 11.3 Å². The normalized spacial score (nSPS) is 13.5. The summed E-state index contributed by atoms with van der Waals surface area (Å²) < 4.78 is 19.3. The van der Waals surface area contributed by atoms with E-state index in [1.54, 1.807) is 18.2 Å². The molecule has 1 aliphatic rings. The van der Waals surface area contributed by atoms with Crippen LogP contribution < -0.4 is 4.90 Å². The summed E-state index contributed by atoms with van der Waals surface area (Å²) in [5.74, 6) is 0.666. The van der Waals surface area contributed by atoms with Crippen LogP contribution >= 0.6 is 22.9 Å². The number of hydrogen-bond donors (Lipinski definition) is 0. The van der Waals surface area contributed by atoms with Gasteiger partial charge in [0.05, 0.1) is 12.2 Å². The molecule has 0 saturated carbocycles. The summed E-state index contributed by atoms with van der Waals surface area (Å²) in [6, 6.07) is 17.3. The van der Waals surface area contributed by atoms with Gasteiger partial charge in [-0.3, -0.25) is 4.79 Å². The maximum absolute atomic E-state index is 13.3. The molecule has 1 saturated heterocycles. The summed E-state index contributed by atoms with van der Waals surface area (Å²) in [7, 11) is 0. The van der Waals surface area contributed by atoms with E-state index in [9.17, 15) is 9.18 Å². The number of aromatic nitrogens is 1. The molecule has 0 bridgehead atoms. The van der Waals surface area contributed by atoms with Gasteiger partial charge in [0.1, 0.15) is 11.6 Å². The van der Waals surface area contributed by atoms with Crippen molar-refractivity contribution in [3.63, 3.8) is 0 Å². The summed E-state index contributed by atoms with van der Waals surface area (Å²) >= 11 is 7.58. The fraction of sp³-hybridized carbons (Fsp3) is 0.200. The Bertz CT molecular complexity index is 1250. The molecular formula is C25H21ClFN3O2S. The van der Waals surface area contributed by atoms with Crippen LogP contribution in [-0.4, -0.2) is 28.9 Å². The highest BCUT2D eigenvalue weighted by molar-refractivity contribution is 7.14. The van der Waals surface area contributed by atoms with Gasteiger partial charge in [-0.05, 0) is 73.5 Å². The van der Waals surface area contributed by atoms with Crippen molar-refractivity contribution in [1.82, 2.24) is 9.88 Å². The third kappa shape index (κ3) is 4.79. The number of furan rings is 1. The summed E-state index contributed by atoms with van der Waals surface area (Å²) in [6.07, 6.45) is 2.06. The Kier molecular flexibility index (Phi) is 6.15. The van der Waals surface area contributed by atoms with E-state index in [0.29, 0.717) is 23.1 Å². The first kappa shape index (κ1) is 21.7. The van der Waals surface area contributed by atoms with Crippen LogP contribution in [0.5, 0.6) is 0 Å². The Labute approximate surface area is 200 Å². The van der Waals surface area contributed by atoms with Crippen LogP contribution in [-0.2, 0) is 6.54 Å². The van der Waals surface area contributed by atoms with E-state index in [2.05, 4.69) is 0 Å². The number of rotatable bonds is 6. The first-order valence-electron chi connectivity index (χ1n) is 10.7. The van der Waals surface area contributed by atoms with Crippen LogP contribution in [0, 0.1) is 5.82 Å². The van der Waals surface area contributed by atoms with E-state index < -0.39 is 0 Å². The van der Waals surface area contributed by atoms with Crippen molar-refractivity contribution >= 4 is 39.7 Å². The van der Waals surface area contributed by atoms with Gasteiger partial charge in [0.25, 0.3) is 5.91 Å². The predicted octanol–water partition coefficient (Wildman–Crippen LogP) is 6.77. The lowest BCUT2D eigenvalue weighted by Crippen LogP contribution is -2.27. The van der Waals surface area contributed by atoms with Gasteiger partial charge < -0.3 is 14.2 Å². The molecule has 1 fully saturated rings. The molecule has 0 atom stereocenters. The topological polar surface area (TPSA) is 49.6 Å². The monoisotopic (exact) mass is 481 g/mol. The molecule has 8 heteroatoms. The van der Waals surface area contributed by atoms with Crippen molar-refractivity contribution in [1.29, 1.82) is 0 Å². The first-order chi connectivity index (χ1) is 16.1. The second kappa shape index (κ2) is 9.37. The summed E-state index contributed by atoms with van der Waals surface area (Å²) in [4.78, 5) is 21.3. The number of benzene rings is 2. The molecule has 1 aliphatic heterocycles. The van der Waals surface area contributed by atoms with E-state index in [0.717, 1.165) is 48.0 Å². The van der Waals surface area contributed by atoms with E-state index in [4.69, 9.17) is 21.0 Å². The molecule has 5 nitrogen and oxygen atoms in total. The lowest BCUT2D eigenvalue weighted by molar-refractivity contribution is 0.0759. The Morgan fingerprint density at radius 3 is 2.52 bits per heavy atom. The van der Waals surface area contributed by atoms with Crippen molar-refractivity contribution < 1.29 is 13.6 Å². The lowest BCUT2D eigenvalue weighted by Gasteiger charge is -2.21. The van der Waals surface area contributed by atoms with Crippen LogP contribution in [0.2, 0.25) is 5.02 Å². The third-order valence-electron chi connectivity index (χ3n) is 5.58. The molecule has 5 rings (SSSR count). The van der Waals surface area contributed by atoms with Crippen LogP contribution in [0.4, 0.5) is 15.2 Å². The molecule has 33 heavy (non-hydrogen) atoms. The van der Waals surface area contributed by atoms with Crippen molar-refractivity contribution in [2.24, 2.45) is 0 Å². The van der Waals surface area contributed by atoms with Crippen molar-refractivity contribution in [2.75, 3.05) is 18.0 Å². The fourth-order valence-electron chi connectivity index (χ4n) is 3.84. The Morgan fingerprint density at radius 2 is 1.79 bits per heavy atom. The number of carbonyl (C=O) groups is 1. The molecule has 0 radical (unpaired) electrons. The van der Waals surface area contributed by atoms with Gasteiger partial charge in [-0.1, -0.05) is 11.6 Å². The fourth-order valence-corrected chi connectivity index (χ4v) is 4.82. The maximum Gasteiger partial charge on any atom is 0.289 e. The van der Waals surface area contributed by atoms with Gasteiger partial charge in [0.15, 0.2) is 10.9 Å². The first-order valence-corrected chi connectivity index (χ1v) is 12.0. The van der Waals surface area contributed by atoms with E-state index in [1.165, 1.54) is 23.5 Å². The number of likely N-dealkylation sites (tertiary alicyclic amines) is 1. The molecular weight excluding hydrogens is 461 g/mol. The third-order valence-corrected chi connectivity index (χ3v) is 6.70. The largest absolute Gasteiger partial charge is 0.454 e. The molecule has 3 heterocycles. The molecule has 0 aliphatic carbocycles. The Hall–Kier alpha value is -3.16. The number of hydrogen-bond acceptors (Lipinski definition) is 5. The smallest absolute Gasteiger partial charge is 0.289 e. The van der Waals surface area contributed by atoms with Crippen LogP contribution in [0.15, 0.2) is 70.5 Å². The quantitative estimate of drug-likeness (QED) is 0.305. The Morgan fingerprint density at radius 1 is 1.06 bits per heavy atom. The van der Waals surface area contributed by atoms with Crippen molar-refractivity contribution in [2.45, 2.75) is 19.4 Å². The predicted molar refractivity (Wildman–Crippen MR) is 129 cm³/mol. The minimum atomic E-state index is -0.283. The molecule has 0 spiro atoms. The van der Waals surface area contributed by atoms with Gasteiger partial charge in [-0.25, -0.2) is 9.37 Å². The van der Waals surface area contributed by atoms with Gasteiger partial charge in [-0.2, -0.15) is 0 Å². The molecule has 0 N–H and O–H groups in total. The zero-order chi connectivity index (χ0) is 22.8. The number of carbonyl (C=O) groups excluding carboxylic acids is 1. The maximum atomic E-state index is 13.3. The summed E-state index contributed by atoms with van der Waals surface area (Å²) in [5, 5.41) is 3.33. The second-order valence-corrected chi connectivity index (χ2v) is 9.12. The van der Waals surface area contributed by atoms with E-state index >= 15 is 0 Å². The number of nitrogens with zero attached hydrogens (tertiary/aromatic N) is 3. The van der Waals surface area contributed by atoms with Gasteiger partial charge >= 0.3 is 0 Å². The van der Waals surface area contributed by atoms with E-state index in [-0.39, 0.29) is 11.7 Å². The number of halogens is 2. The summed E-state index contributed by atoms with van der Waals surface area (Å²) in [5.41, 5.74) is 2.49. The van der Waals surface area contributed by atoms with Crippen LogP contribution in [0.1, 0.15) is 29.2 Å². The highest BCUT2D eigenvalue weighted by atomic mass is 35.5. The van der Waals surface area contributed by atoms with Gasteiger partial charge in [0.2, 0.25) is 0 Å². The molecule has 2 aromatic carbocycles. The minimum absolute atomic E-state index is 0.0652. The Balaban J connectivity index is 1.43. The average Bonchev–Trinajstić information content (AvgIpc) is 3.60. The second-order valence-electron chi connectivity index (χ2n) is 7.85. The standard InChI is InChI=1S/C25H21ClFN3O2S/c26-18-5-9-20(10-6-18)30(25-28-22(16-33-25)17-3-7-19(27)8-4-17)15-21-11-12-23(32-21)24(31)29-13-1-2-14-29/h3-12,16H,1-2,13-15H2. The van der Waals surface area contributed by atoms with E-state index in [1.807, 2.05) is 45.5 Å². The van der Waals surface area contributed by atoms with Crippen molar-refractivity contribution in [3.8, 4) is 11.3 Å². The highest BCUT2D eigenvalue weighted by Crippen LogP contribution is 2.34. The zero-order valence-corrected chi connectivity index (χ0v) is 19.3. The van der Waals surface area contributed by atoms with Crippen molar-refractivity contribution in [3.05, 3.63) is 88.4 Å². The minimum Gasteiger partial charge on any atom is -0.454 e. The van der Waals surface area contributed by atoms with Crippen LogP contribution in [0.3, 0.4) is 0 Å². The SMILES string of the molecule is O=C(c1ccc(CN(c2ccc(Cl)cc2)c2nc(-c3ccc(F)cc3)cs2)o1)N1CCCC1. The molecule has 4 aromatic rings. The highest BCUT2D eigenvalue weighted by Gasteiger charge is 2.23. The molecule has 168 valence electrons. The molecule has 2 aromatic heterocycles. The average molecular weight is 482 g/mol. The zero-order valence-electron chi connectivity index (χ0n) is 17.7. The molecule has 1 amide bonds. The molecule has 0 unspecified atom stereocenters.